The lowest BCUT2D eigenvalue weighted by molar-refractivity contribution is -0.140. The van der Waals surface area contributed by atoms with Crippen LogP contribution in [0.15, 0.2) is 18.2 Å². The van der Waals surface area contributed by atoms with Crippen molar-refractivity contribution in [1.82, 2.24) is 5.32 Å². The lowest BCUT2D eigenvalue weighted by Gasteiger charge is -2.13. The standard InChI is InChI=1S/C13H18N2O5/c1-8(12(16)17)7-14-13(18)15-10-5-4-9(19-2)6-11(10)20-3/h4-6,8H,7H2,1-3H3,(H,16,17)(H2,14,15,18). The first-order chi connectivity index (χ1) is 9.47. The maximum absolute atomic E-state index is 11.7. The lowest BCUT2D eigenvalue weighted by atomic mass is 10.2. The number of hydrogen-bond acceptors (Lipinski definition) is 4. The van der Waals surface area contributed by atoms with Crippen molar-refractivity contribution in [1.29, 1.82) is 0 Å². The Morgan fingerprint density at radius 2 is 2.00 bits per heavy atom. The van der Waals surface area contributed by atoms with Crippen LogP contribution in [0.5, 0.6) is 11.5 Å². The molecular formula is C13H18N2O5. The molecule has 1 aromatic rings. The van der Waals surface area contributed by atoms with E-state index in [1.807, 2.05) is 0 Å². The molecule has 7 nitrogen and oxygen atoms in total. The van der Waals surface area contributed by atoms with E-state index >= 15 is 0 Å². The molecule has 1 aromatic carbocycles. The van der Waals surface area contributed by atoms with Gasteiger partial charge in [0, 0.05) is 12.6 Å². The predicted molar refractivity (Wildman–Crippen MR) is 73.4 cm³/mol. The summed E-state index contributed by atoms with van der Waals surface area (Å²) in [5, 5.41) is 13.8. The number of carbonyl (C=O) groups excluding carboxylic acids is 1. The number of amides is 2. The highest BCUT2D eigenvalue weighted by Gasteiger charge is 2.13. The number of benzene rings is 1. The number of anilines is 1. The number of aliphatic carboxylic acids is 1. The second kappa shape index (κ2) is 7.22. The molecule has 2 amide bonds. The summed E-state index contributed by atoms with van der Waals surface area (Å²) in [6, 6.07) is 4.45. The Morgan fingerprint density at radius 1 is 1.30 bits per heavy atom. The summed E-state index contributed by atoms with van der Waals surface area (Å²) < 4.78 is 10.2. The SMILES string of the molecule is COc1ccc(NC(=O)NCC(C)C(=O)O)c(OC)c1. The van der Waals surface area contributed by atoms with Crippen molar-refractivity contribution in [2.24, 2.45) is 5.92 Å². The van der Waals surface area contributed by atoms with Crippen LogP contribution in [0.25, 0.3) is 0 Å². The average molecular weight is 282 g/mol. The summed E-state index contributed by atoms with van der Waals surface area (Å²) in [7, 11) is 3.01. The molecule has 0 aromatic heterocycles. The second-order valence-corrected chi connectivity index (χ2v) is 4.14. The van der Waals surface area contributed by atoms with E-state index in [9.17, 15) is 9.59 Å². The normalized spacial score (nSPS) is 11.3. The fourth-order valence-corrected chi connectivity index (χ4v) is 1.40. The first-order valence-electron chi connectivity index (χ1n) is 5.97. The number of carboxylic acids is 1. The Kier molecular flexibility index (Phi) is 5.64. The third kappa shape index (κ3) is 4.34. The van der Waals surface area contributed by atoms with Crippen LogP contribution in [-0.2, 0) is 4.79 Å². The van der Waals surface area contributed by atoms with Crippen molar-refractivity contribution < 1.29 is 24.2 Å². The topological polar surface area (TPSA) is 96.9 Å². The van der Waals surface area contributed by atoms with Gasteiger partial charge in [-0.3, -0.25) is 4.79 Å². The molecule has 0 saturated carbocycles. The van der Waals surface area contributed by atoms with Crippen LogP contribution in [0.1, 0.15) is 6.92 Å². The van der Waals surface area contributed by atoms with Crippen LogP contribution < -0.4 is 20.1 Å². The molecule has 0 spiro atoms. The van der Waals surface area contributed by atoms with Gasteiger partial charge in [-0.1, -0.05) is 6.92 Å². The summed E-state index contributed by atoms with van der Waals surface area (Å²) in [4.78, 5) is 22.3. The van der Waals surface area contributed by atoms with Crippen molar-refractivity contribution >= 4 is 17.7 Å². The van der Waals surface area contributed by atoms with Gasteiger partial charge in [-0.05, 0) is 12.1 Å². The Labute approximate surface area is 116 Å². The van der Waals surface area contributed by atoms with E-state index in [1.54, 1.807) is 18.2 Å². The number of carbonyl (C=O) groups is 2. The summed E-state index contributed by atoms with van der Waals surface area (Å²) in [5.74, 6) is -0.566. The minimum absolute atomic E-state index is 0.0413. The van der Waals surface area contributed by atoms with E-state index in [2.05, 4.69) is 10.6 Å². The molecule has 110 valence electrons. The first kappa shape index (κ1) is 15.6. The maximum Gasteiger partial charge on any atom is 0.319 e. The van der Waals surface area contributed by atoms with E-state index < -0.39 is 17.9 Å². The van der Waals surface area contributed by atoms with Crippen molar-refractivity contribution in [2.75, 3.05) is 26.1 Å². The van der Waals surface area contributed by atoms with Gasteiger partial charge < -0.3 is 25.2 Å². The monoisotopic (exact) mass is 282 g/mol. The van der Waals surface area contributed by atoms with E-state index in [1.165, 1.54) is 21.1 Å². The van der Waals surface area contributed by atoms with E-state index in [0.29, 0.717) is 17.2 Å². The Morgan fingerprint density at radius 3 is 2.55 bits per heavy atom. The van der Waals surface area contributed by atoms with Crippen LogP contribution in [0.4, 0.5) is 10.5 Å². The first-order valence-corrected chi connectivity index (χ1v) is 5.97. The number of nitrogens with one attached hydrogen (secondary N) is 2. The summed E-state index contributed by atoms with van der Waals surface area (Å²) in [6.45, 7) is 1.55. The molecule has 1 unspecified atom stereocenters. The number of rotatable bonds is 6. The molecule has 1 rings (SSSR count). The van der Waals surface area contributed by atoms with Gasteiger partial charge in [0.15, 0.2) is 0 Å². The molecule has 0 bridgehead atoms. The Bertz CT molecular complexity index is 490. The summed E-state index contributed by atoms with van der Waals surface area (Å²) >= 11 is 0. The van der Waals surface area contributed by atoms with Gasteiger partial charge in [-0.15, -0.1) is 0 Å². The Balaban J connectivity index is 2.64. The van der Waals surface area contributed by atoms with Gasteiger partial charge in [0.1, 0.15) is 11.5 Å². The molecule has 0 saturated heterocycles. The number of hydrogen-bond donors (Lipinski definition) is 3. The molecule has 0 heterocycles. The fourth-order valence-electron chi connectivity index (χ4n) is 1.40. The van der Waals surface area contributed by atoms with Crippen molar-refractivity contribution in [3.05, 3.63) is 18.2 Å². The lowest BCUT2D eigenvalue weighted by Crippen LogP contribution is -2.34. The highest BCUT2D eigenvalue weighted by molar-refractivity contribution is 5.91. The van der Waals surface area contributed by atoms with Crippen LogP contribution in [0, 0.1) is 5.92 Å². The van der Waals surface area contributed by atoms with E-state index in [-0.39, 0.29) is 6.54 Å². The zero-order valence-electron chi connectivity index (χ0n) is 11.6. The number of ether oxygens (including phenoxy) is 2. The van der Waals surface area contributed by atoms with Crippen LogP contribution in [0.2, 0.25) is 0 Å². The van der Waals surface area contributed by atoms with Gasteiger partial charge >= 0.3 is 12.0 Å². The quantitative estimate of drug-likeness (QED) is 0.735. The van der Waals surface area contributed by atoms with Gasteiger partial charge in [-0.2, -0.15) is 0 Å². The molecule has 0 fully saturated rings. The molecule has 0 aliphatic heterocycles. The smallest absolute Gasteiger partial charge is 0.319 e. The van der Waals surface area contributed by atoms with Crippen LogP contribution >= 0.6 is 0 Å². The largest absolute Gasteiger partial charge is 0.497 e. The molecular weight excluding hydrogens is 264 g/mol. The molecule has 7 heteroatoms. The van der Waals surface area contributed by atoms with Crippen molar-refractivity contribution in [2.45, 2.75) is 6.92 Å². The summed E-state index contributed by atoms with van der Waals surface area (Å²) in [5.41, 5.74) is 0.466. The Hall–Kier alpha value is -2.44. The van der Waals surface area contributed by atoms with Crippen molar-refractivity contribution in [3.63, 3.8) is 0 Å². The fraction of sp³-hybridized carbons (Fsp3) is 0.385. The third-order valence-corrected chi connectivity index (χ3v) is 2.65. The molecule has 1 atom stereocenters. The molecule has 0 radical (unpaired) electrons. The van der Waals surface area contributed by atoms with E-state index in [0.717, 1.165) is 0 Å². The molecule has 0 aliphatic rings. The van der Waals surface area contributed by atoms with Crippen molar-refractivity contribution in [3.8, 4) is 11.5 Å². The zero-order valence-corrected chi connectivity index (χ0v) is 11.6. The number of urea groups is 1. The molecule has 3 N–H and O–H groups in total. The number of methoxy groups -OCH3 is 2. The highest BCUT2D eigenvalue weighted by Crippen LogP contribution is 2.28. The van der Waals surface area contributed by atoms with Crippen LogP contribution in [-0.4, -0.2) is 37.9 Å². The highest BCUT2D eigenvalue weighted by atomic mass is 16.5. The molecule has 20 heavy (non-hydrogen) atoms. The van der Waals surface area contributed by atoms with Gasteiger partial charge in [0.2, 0.25) is 0 Å². The summed E-state index contributed by atoms with van der Waals surface area (Å²) in [6.07, 6.45) is 0. The maximum atomic E-state index is 11.7. The minimum Gasteiger partial charge on any atom is -0.497 e. The minimum atomic E-state index is -0.965. The van der Waals surface area contributed by atoms with Gasteiger partial charge in [-0.25, -0.2) is 4.79 Å². The van der Waals surface area contributed by atoms with Gasteiger partial charge in [0.05, 0.1) is 25.8 Å². The second-order valence-electron chi connectivity index (χ2n) is 4.14. The molecule has 0 aliphatic carbocycles. The zero-order chi connectivity index (χ0) is 15.1. The average Bonchev–Trinajstić information content (AvgIpc) is 2.44. The third-order valence-electron chi connectivity index (χ3n) is 2.65. The van der Waals surface area contributed by atoms with Crippen LogP contribution in [0.3, 0.4) is 0 Å². The van der Waals surface area contributed by atoms with Gasteiger partial charge in [0.25, 0.3) is 0 Å². The number of carboxylic acid groups (broad SMARTS) is 1. The van der Waals surface area contributed by atoms with E-state index in [4.69, 9.17) is 14.6 Å². The predicted octanol–water partition coefficient (Wildman–Crippen LogP) is 1.55.